The maximum absolute atomic E-state index is 11.9. The smallest absolute Gasteiger partial charge is 0.224 e. The molecule has 0 spiro atoms. The molecule has 0 aliphatic carbocycles. The molecule has 0 bridgehead atoms. The van der Waals surface area contributed by atoms with Gasteiger partial charge in [-0.05, 0) is 49.6 Å². The molecule has 2 rings (SSSR count). The van der Waals surface area contributed by atoms with E-state index in [2.05, 4.69) is 40.3 Å². The first-order chi connectivity index (χ1) is 11.0. The van der Waals surface area contributed by atoms with Gasteiger partial charge < -0.3 is 10.1 Å². The van der Waals surface area contributed by atoms with E-state index in [0.29, 0.717) is 19.6 Å². The van der Waals surface area contributed by atoms with E-state index in [1.165, 1.54) is 5.56 Å². The Morgan fingerprint density at radius 3 is 2.30 bits per heavy atom. The van der Waals surface area contributed by atoms with Crippen LogP contribution in [0.15, 0.2) is 40.9 Å². The molecule has 1 N–H and O–H groups in total. The fourth-order valence-electron chi connectivity index (χ4n) is 2.59. The Hall–Kier alpha value is -1.81. The second-order valence-electron chi connectivity index (χ2n) is 5.73. The Labute approximate surface area is 146 Å². The third-order valence-corrected chi connectivity index (χ3v) is 4.08. The highest BCUT2D eigenvalue weighted by Crippen LogP contribution is 2.24. The molecule has 0 unspecified atom stereocenters. The average Bonchev–Trinajstić information content (AvgIpc) is 2.48. The summed E-state index contributed by atoms with van der Waals surface area (Å²) in [5, 5.41) is 2.89. The normalized spacial score (nSPS) is 10.4. The molecule has 0 radical (unpaired) electrons. The van der Waals surface area contributed by atoms with Crippen LogP contribution in [0.2, 0.25) is 0 Å². The number of ether oxygens (including phenoxy) is 1. The van der Waals surface area contributed by atoms with Crippen LogP contribution in [-0.2, 0) is 11.2 Å². The number of hydrogen-bond acceptors (Lipinski definition) is 2. The molecule has 2 aromatic carbocycles. The van der Waals surface area contributed by atoms with Crippen molar-refractivity contribution in [3.8, 4) is 5.75 Å². The van der Waals surface area contributed by atoms with Crippen molar-refractivity contribution in [2.45, 2.75) is 27.2 Å². The predicted molar refractivity (Wildman–Crippen MR) is 97.0 cm³/mol. The Bertz CT molecular complexity index is 657. The second kappa shape index (κ2) is 8.16. The summed E-state index contributed by atoms with van der Waals surface area (Å²) in [7, 11) is 0. The summed E-state index contributed by atoms with van der Waals surface area (Å²) >= 11 is 3.38. The minimum Gasteiger partial charge on any atom is -0.491 e. The van der Waals surface area contributed by atoms with E-state index in [1.54, 1.807) is 0 Å². The summed E-state index contributed by atoms with van der Waals surface area (Å²) < 4.78 is 6.83. The number of carbonyl (C=O) groups excluding carboxylic acids is 1. The summed E-state index contributed by atoms with van der Waals surface area (Å²) in [4.78, 5) is 11.9. The average molecular weight is 376 g/mol. The summed E-state index contributed by atoms with van der Waals surface area (Å²) in [5.41, 5.74) is 4.49. The third-order valence-electron chi connectivity index (χ3n) is 3.55. The molecule has 0 aliphatic heterocycles. The molecule has 3 nitrogen and oxygen atoms in total. The zero-order valence-corrected chi connectivity index (χ0v) is 15.4. The van der Waals surface area contributed by atoms with E-state index in [0.717, 1.165) is 26.9 Å². The molecule has 4 heteroatoms. The van der Waals surface area contributed by atoms with Crippen LogP contribution in [0.5, 0.6) is 5.75 Å². The molecule has 0 saturated carbocycles. The van der Waals surface area contributed by atoms with Gasteiger partial charge in [-0.3, -0.25) is 4.79 Å². The SMILES string of the molecule is Cc1cc(C)c(OCCNC(=O)Cc2ccc(Br)cc2)c(C)c1. The zero-order chi connectivity index (χ0) is 16.8. The van der Waals surface area contributed by atoms with Crippen molar-refractivity contribution >= 4 is 21.8 Å². The quantitative estimate of drug-likeness (QED) is 0.771. The maximum Gasteiger partial charge on any atom is 0.224 e. The lowest BCUT2D eigenvalue weighted by atomic mass is 10.1. The summed E-state index contributed by atoms with van der Waals surface area (Å²) in [6.45, 7) is 7.13. The standard InChI is InChI=1S/C19H22BrNO2/c1-13-10-14(2)19(15(3)11-13)23-9-8-21-18(22)12-16-4-6-17(20)7-5-16/h4-7,10-11H,8-9,12H2,1-3H3,(H,21,22). The van der Waals surface area contributed by atoms with Gasteiger partial charge in [0.1, 0.15) is 12.4 Å². The van der Waals surface area contributed by atoms with Gasteiger partial charge in [-0.25, -0.2) is 0 Å². The highest BCUT2D eigenvalue weighted by molar-refractivity contribution is 9.10. The Balaban J connectivity index is 1.77. The number of amides is 1. The Morgan fingerprint density at radius 1 is 1.09 bits per heavy atom. The topological polar surface area (TPSA) is 38.3 Å². The maximum atomic E-state index is 11.9. The first-order valence-electron chi connectivity index (χ1n) is 7.67. The van der Waals surface area contributed by atoms with Crippen molar-refractivity contribution in [3.63, 3.8) is 0 Å². The van der Waals surface area contributed by atoms with Crippen LogP contribution in [0, 0.1) is 20.8 Å². The molecule has 0 heterocycles. The van der Waals surface area contributed by atoms with Crippen LogP contribution in [0.4, 0.5) is 0 Å². The van der Waals surface area contributed by atoms with Crippen molar-refractivity contribution in [3.05, 3.63) is 63.1 Å². The van der Waals surface area contributed by atoms with Gasteiger partial charge in [0.15, 0.2) is 0 Å². The van der Waals surface area contributed by atoms with Gasteiger partial charge in [0.05, 0.1) is 13.0 Å². The molecule has 0 aliphatic rings. The fraction of sp³-hybridized carbons (Fsp3) is 0.316. The van der Waals surface area contributed by atoms with Crippen molar-refractivity contribution in [1.29, 1.82) is 0 Å². The van der Waals surface area contributed by atoms with Crippen LogP contribution < -0.4 is 10.1 Å². The van der Waals surface area contributed by atoms with Gasteiger partial charge in [0.25, 0.3) is 0 Å². The zero-order valence-electron chi connectivity index (χ0n) is 13.8. The minimum absolute atomic E-state index is 0.00766. The number of rotatable bonds is 6. The fourth-order valence-corrected chi connectivity index (χ4v) is 2.85. The van der Waals surface area contributed by atoms with Gasteiger partial charge in [0.2, 0.25) is 5.91 Å². The first kappa shape index (κ1) is 17.5. The second-order valence-corrected chi connectivity index (χ2v) is 6.65. The molecule has 0 atom stereocenters. The van der Waals surface area contributed by atoms with Crippen molar-refractivity contribution < 1.29 is 9.53 Å². The van der Waals surface area contributed by atoms with Crippen molar-refractivity contribution in [2.75, 3.05) is 13.2 Å². The third kappa shape index (κ3) is 5.39. The molecule has 0 aromatic heterocycles. The van der Waals surface area contributed by atoms with Crippen LogP contribution in [-0.4, -0.2) is 19.1 Å². The van der Waals surface area contributed by atoms with Crippen LogP contribution in [0.25, 0.3) is 0 Å². The van der Waals surface area contributed by atoms with Crippen molar-refractivity contribution in [1.82, 2.24) is 5.32 Å². The van der Waals surface area contributed by atoms with Crippen molar-refractivity contribution in [2.24, 2.45) is 0 Å². The highest BCUT2D eigenvalue weighted by Gasteiger charge is 2.06. The number of aryl methyl sites for hydroxylation is 3. The number of halogens is 1. The summed E-state index contributed by atoms with van der Waals surface area (Å²) in [6, 6.07) is 12.0. The molecule has 122 valence electrons. The monoisotopic (exact) mass is 375 g/mol. The summed E-state index contributed by atoms with van der Waals surface area (Å²) in [5.74, 6) is 0.922. The first-order valence-corrected chi connectivity index (χ1v) is 8.47. The number of hydrogen-bond donors (Lipinski definition) is 1. The molecular formula is C19H22BrNO2. The van der Waals surface area contributed by atoms with Gasteiger partial charge >= 0.3 is 0 Å². The van der Waals surface area contributed by atoms with Crippen LogP contribution in [0.1, 0.15) is 22.3 Å². The van der Waals surface area contributed by atoms with Gasteiger partial charge in [0, 0.05) is 4.47 Å². The predicted octanol–water partition coefficient (Wildman–Crippen LogP) is 4.11. The van der Waals surface area contributed by atoms with E-state index in [1.807, 2.05) is 38.1 Å². The molecule has 23 heavy (non-hydrogen) atoms. The van der Waals surface area contributed by atoms with E-state index in [-0.39, 0.29) is 5.91 Å². The summed E-state index contributed by atoms with van der Waals surface area (Å²) in [6.07, 6.45) is 0.385. The van der Waals surface area contributed by atoms with E-state index in [9.17, 15) is 4.79 Å². The van der Waals surface area contributed by atoms with Gasteiger partial charge in [-0.1, -0.05) is 45.8 Å². The number of benzene rings is 2. The van der Waals surface area contributed by atoms with E-state index >= 15 is 0 Å². The Kier molecular flexibility index (Phi) is 6.22. The van der Waals surface area contributed by atoms with Gasteiger partial charge in [-0.2, -0.15) is 0 Å². The highest BCUT2D eigenvalue weighted by atomic mass is 79.9. The Morgan fingerprint density at radius 2 is 1.70 bits per heavy atom. The lowest BCUT2D eigenvalue weighted by Crippen LogP contribution is -2.29. The van der Waals surface area contributed by atoms with Crippen LogP contribution in [0.3, 0.4) is 0 Å². The molecule has 0 saturated heterocycles. The molecular weight excluding hydrogens is 354 g/mol. The lowest BCUT2D eigenvalue weighted by molar-refractivity contribution is -0.120. The van der Waals surface area contributed by atoms with E-state index < -0.39 is 0 Å². The number of nitrogens with one attached hydrogen (secondary N) is 1. The van der Waals surface area contributed by atoms with Gasteiger partial charge in [-0.15, -0.1) is 0 Å². The largest absolute Gasteiger partial charge is 0.491 e. The minimum atomic E-state index is 0.00766. The lowest BCUT2D eigenvalue weighted by Gasteiger charge is -2.13. The molecule has 2 aromatic rings. The molecule has 0 fully saturated rings. The van der Waals surface area contributed by atoms with E-state index in [4.69, 9.17) is 4.74 Å². The number of carbonyl (C=O) groups is 1. The van der Waals surface area contributed by atoms with Crippen LogP contribution >= 0.6 is 15.9 Å². The molecule has 1 amide bonds.